The lowest BCUT2D eigenvalue weighted by atomic mass is 9.96. The third kappa shape index (κ3) is 4.55. The molecule has 0 saturated heterocycles. The highest BCUT2D eigenvalue weighted by Gasteiger charge is 2.24. The Kier molecular flexibility index (Phi) is 7.52. The molecule has 0 spiro atoms. The molecule has 4 nitrogen and oxygen atoms in total. The van der Waals surface area contributed by atoms with Gasteiger partial charge >= 0.3 is 0 Å². The van der Waals surface area contributed by atoms with E-state index in [9.17, 15) is 4.79 Å². The second kappa shape index (κ2) is 9.63. The van der Waals surface area contributed by atoms with Gasteiger partial charge in [-0.1, -0.05) is 39.2 Å². The molecule has 0 saturated carbocycles. The van der Waals surface area contributed by atoms with E-state index in [1.54, 1.807) is 7.11 Å². The highest BCUT2D eigenvalue weighted by Crippen LogP contribution is 2.36. The predicted octanol–water partition coefficient (Wildman–Crippen LogP) is 5.41. The van der Waals surface area contributed by atoms with Crippen molar-refractivity contribution in [2.24, 2.45) is 5.73 Å². The third-order valence-electron chi connectivity index (χ3n) is 5.31. The zero-order chi connectivity index (χ0) is 20.0. The SMILES string of the molecule is CCCCCc1c(-c2ccc(OC)c(C)c2)c(C(N)=O)c(C)n1CCCC. The van der Waals surface area contributed by atoms with E-state index in [2.05, 4.69) is 24.5 Å². The number of amides is 1. The van der Waals surface area contributed by atoms with Crippen molar-refractivity contribution in [3.8, 4) is 16.9 Å². The first kappa shape index (κ1) is 21.1. The molecular weight excluding hydrogens is 336 g/mol. The molecule has 0 unspecified atom stereocenters. The molecule has 0 radical (unpaired) electrons. The van der Waals surface area contributed by atoms with Gasteiger partial charge in [0.25, 0.3) is 5.91 Å². The summed E-state index contributed by atoms with van der Waals surface area (Å²) in [5.41, 5.74) is 11.9. The van der Waals surface area contributed by atoms with Crippen molar-refractivity contribution in [3.05, 3.63) is 40.7 Å². The quantitative estimate of drug-likeness (QED) is 0.568. The molecule has 0 bridgehead atoms. The first-order valence-corrected chi connectivity index (χ1v) is 10.1. The van der Waals surface area contributed by atoms with Crippen LogP contribution in [-0.2, 0) is 13.0 Å². The van der Waals surface area contributed by atoms with Crippen LogP contribution in [0.25, 0.3) is 11.1 Å². The number of aryl methyl sites for hydroxylation is 1. The molecule has 2 aromatic rings. The van der Waals surface area contributed by atoms with Crippen LogP contribution in [-0.4, -0.2) is 17.6 Å². The number of primary amides is 1. The number of nitrogens with zero attached hydrogens (tertiary/aromatic N) is 1. The molecule has 2 rings (SSSR count). The van der Waals surface area contributed by atoms with Gasteiger partial charge in [0.15, 0.2) is 0 Å². The van der Waals surface area contributed by atoms with Crippen molar-refractivity contribution in [3.63, 3.8) is 0 Å². The summed E-state index contributed by atoms with van der Waals surface area (Å²) in [4.78, 5) is 12.4. The van der Waals surface area contributed by atoms with Gasteiger partial charge in [0.2, 0.25) is 0 Å². The fraction of sp³-hybridized carbons (Fsp3) is 0.522. The van der Waals surface area contributed by atoms with Crippen molar-refractivity contribution in [1.29, 1.82) is 0 Å². The summed E-state index contributed by atoms with van der Waals surface area (Å²) in [6, 6.07) is 6.12. The van der Waals surface area contributed by atoms with Crippen molar-refractivity contribution < 1.29 is 9.53 Å². The van der Waals surface area contributed by atoms with Crippen LogP contribution < -0.4 is 10.5 Å². The summed E-state index contributed by atoms with van der Waals surface area (Å²) in [7, 11) is 1.68. The number of ether oxygens (including phenoxy) is 1. The standard InChI is InChI=1S/C23H34N2O2/c1-6-8-10-11-19-22(18-12-13-20(27-5)16(3)15-18)21(23(24)26)17(4)25(19)14-9-7-2/h12-13,15H,6-11,14H2,1-5H3,(H2,24,26). The number of hydrogen-bond donors (Lipinski definition) is 1. The normalized spacial score (nSPS) is 11.0. The molecule has 27 heavy (non-hydrogen) atoms. The summed E-state index contributed by atoms with van der Waals surface area (Å²) >= 11 is 0. The Morgan fingerprint density at radius 1 is 1.11 bits per heavy atom. The van der Waals surface area contributed by atoms with Crippen molar-refractivity contribution in [1.82, 2.24) is 4.57 Å². The molecule has 148 valence electrons. The first-order valence-electron chi connectivity index (χ1n) is 10.1. The second-order valence-electron chi connectivity index (χ2n) is 7.29. The monoisotopic (exact) mass is 370 g/mol. The lowest BCUT2D eigenvalue weighted by Crippen LogP contribution is -2.13. The molecule has 0 aliphatic heterocycles. The van der Waals surface area contributed by atoms with Gasteiger partial charge in [0, 0.05) is 23.5 Å². The fourth-order valence-corrected chi connectivity index (χ4v) is 3.87. The number of methoxy groups -OCH3 is 1. The molecular formula is C23H34N2O2. The minimum atomic E-state index is -0.344. The van der Waals surface area contributed by atoms with Crippen LogP contribution in [0.2, 0.25) is 0 Å². The Bertz CT molecular complexity index is 790. The maximum absolute atomic E-state index is 12.4. The largest absolute Gasteiger partial charge is 0.496 e. The molecule has 2 N–H and O–H groups in total. The molecule has 1 aromatic carbocycles. The van der Waals surface area contributed by atoms with Crippen LogP contribution >= 0.6 is 0 Å². The van der Waals surface area contributed by atoms with Crippen LogP contribution in [0, 0.1) is 13.8 Å². The predicted molar refractivity (Wildman–Crippen MR) is 113 cm³/mol. The number of rotatable bonds is 10. The fourth-order valence-electron chi connectivity index (χ4n) is 3.87. The van der Waals surface area contributed by atoms with Gasteiger partial charge in [-0.2, -0.15) is 0 Å². The second-order valence-corrected chi connectivity index (χ2v) is 7.29. The topological polar surface area (TPSA) is 57.2 Å². The first-order chi connectivity index (χ1) is 13.0. The van der Waals surface area contributed by atoms with Crippen LogP contribution in [0.1, 0.15) is 73.3 Å². The molecule has 0 fully saturated rings. The molecule has 1 heterocycles. The van der Waals surface area contributed by atoms with Crippen LogP contribution in [0.3, 0.4) is 0 Å². The Morgan fingerprint density at radius 3 is 2.37 bits per heavy atom. The number of benzene rings is 1. The molecule has 1 amide bonds. The van der Waals surface area contributed by atoms with Gasteiger partial charge in [0.1, 0.15) is 5.75 Å². The number of unbranched alkanes of at least 4 members (excludes halogenated alkanes) is 3. The molecule has 4 heteroatoms. The maximum atomic E-state index is 12.4. The Hall–Kier alpha value is -2.23. The average Bonchev–Trinajstić information content (AvgIpc) is 2.92. The minimum Gasteiger partial charge on any atom is -0.496 e. The minimum absolute atomic E-state index is 0.344. The van der Waals surface area contributed by atoms with E-state index in [4.69, 9.17) is 10.5 Å². The zero-order valence-electron chi connectivity index (χ0n) is 17.5. The molecule has 0 atom stereocenters. The smallest absolute Gasteiger partial charge is 0.251 e. The van der Waals surface area contributed by atoms with Gasteiger partial charge in [-0.3, -0.25) is 4.79 Å². The summed E-state index contributed by atoms with van der Waals surface area (Å²) in [6.07, 6.45) is 6.66. The summed E-state index contributed by atoms with van der Waals surface area (Å²) in [5, 5.41) is 0. The lowest BCUT2D eigenvalue weighted by Gasteiger charge is -2.14. The third-order valence-corrected chi connectivity index (χ3v) is 5.31. The molecule has 0 aliphatic carbocycles. The Balaban J connectivity index is 2.67. The van der Waals surface area contributed by atoms with Gasteiger partial charge in [-0.05, 0) is 56.4 Å². The number of hydrogen-bond acceptors (Lipinski definition) is 2. The Labute approximate surface area is 163 Å². The maximum Gasteiger partial charge on any atom is 0.251 e. The number of carbonyl (C=O) groups is 1. The van der Waals surface area contributed by atoms with E-state index < -0.39 is 0 Å². The van der Waals surface area contributed by atoms with Crippen molar-refractivity contribution in [2.75, 3.05) is 7.11 Å². The van der Waals surface area contributed by atoms with Gasteiger partial charge in [0.05, 0.1) is 12.7 Å². The Morgan fingerprint density at radius 2 is 1.81 bits per heavy atom. The van der Waals surface area contributed by atoms with E-state index in [1.165, 1.54) is 18.5 Å². The van der Waals surface area contributed by atoms with Crippen molar-refractivity contribution in [2.45, 2.75) is 72.8 Å². The van der Waals surface area contributed by atoms with E-state index in [-0.39, 0.29) is 5.91 Å². The number of carbonyl (C=O) groups excluding carboxylic acids is 1. The van der Waals surface area contributed by atoms with E-state index in [0.29, 0.717) is 5.56 Å². The van der Waals surface area contributed by atoms with Crippen LogP contribution in [0.15, 0.2) is 18.2 Å². The van der Waals surface area contributed by atoms with E-state index in [0.717, 1.165) is 60.4 Å². The van der Waals surface area contributed by atoms with Crippen LogP contribution in [0.4, 0.5) is 0 Å². The number of nitrogens with two attached hydrogens (primary N) is 1. The lowest BCUT2D eigenvalue weighted by molar-refractivity contribution is 0.1000. The summed E-state index contributed by atoms with van der Waals surface area (Å²) in [6.45, 7) is 9.39. The van der Waals surface area contributed by atoms with Gasteiger partial charge < -0.3 is 15.0 Å². The van der Waals surface area contributed by atoms with E-state index >= 15 is 0 Å². The molecule has 0 aliphatic rings. The van der Waals surface area contributed by atoms with E-state index in [1.807, 2.05) is 26.0 Å². The van der Waals surface area contributed by atoms with Crippen molar-refractivity contribution >= 4 is 5.91 Å². The molecule has 1 aromatic heterocycles. The summed E-state index contributed by atoms with van der Waals surface area (Å²) < 4.78 is 7.74. The van der Waals surface area contributed by atoms with Gasteiger partial charge in [-0.25, -0.2) is 0 Å². The van der Waals surface area contributed by atoms with Crippen LogP contribution in [0.5, 0.6) is 5.75 Å². The highest BCUT2D eigenvalue weighted by molar-refractivity contribution is 6.02. The summed E-state index contributed by atoms with van der Waals surface area (Å²) in [5.74, 6) is 0.511. The highest BCUT2D eigenvalue weighted by atomic mass is 16.5. The average molecular weight is 371 g/mol. The zero-order valence-corrected chi connectivity index (χ0v) is 17.5. The number of aromatic nitrogens is 1. The van der Waals surface area contributed by atoms with Gasteiger partial charge in [-0.15, -0.1) is 0 Å².